The van der Waals surface area contributed by atoms with Gasteiger partial charge < -0.3 is 16.2 Å². The Morgan fingerprint density at radius 2 is 2.20 bits per heavy atom. The summed E-state index contributed by atoms with van der Waals surface area (Å²) in [6, 6.07) is 0. The monoisotopic (exact) mass is 226 g/mol. The molecule has 0 aliphatic carbocycles. The van der Waals surface area contributed by atoms with Crippen molar-refractivity contribution in [3.05, 3.63) is 16.0 Å². The Hall–Kier alpha value is -1.07. The van der Waals surface area contributed by atoms with Crippen LogP contribution >= 0.6 is 11.3 Å². The number of nitrogen functional groups attached to an aromatic ring is 1. The maximum atomic E-state index is 11.3. The molecule has 1 aromatic rings. The molecule has 2 heterocycles. The summed E-state index contributed by atoms with van der Waals surface area (Å²) in [5.41, 5.74) is 12.2. The third-order valence-corrected chi connectivity index (χ3v) is 4.01. The van der Waals surface area contributed by atoms with Crippen LogP contribution in [0.1, 0.15) is 34.6 Å². The maximum Gasteiger partial charge on any atom is 0.251 e. The number of amides is 1. The third-order valence-electron chi connectivity index (χ3n) is 2.64. The number of rotatable bonds is 1. The zero-order valence-corrected chi connectivity index (χ0v) is 9.61. The van der Waals surface area contributed by atoms with Gasteiger partial charge in [-0.15, -0.1) is 11.3 Å². The average molecular weight is 226 g/mol. The normalized spacial score (nSPS) is 18.5. The van der Waals surface area contributed by atoms with Crippen LogP contribution in [-0.4, -0.2) is 12.5 Å². The minimum Gasteiger partial charge on any atom is -0.390 e. The first-order valence-electron chi connectivity index (χ1n) is 4.79. The van der Waals surface area contributed by atoms with E-state index in [9.17, 15) is 4.79 Å². The van der Waals surface area contributed by atoms with Crippen LogP contribution in [0.5, 0.6) is 0 Å². The summed E-state index contributed by atoms with van der Waals surface area (Å²) in [5.74, 6) is -0.442. The summed E-state index contributed by atoms with van der Waals surface area (Å²) in [6.07, 6.45) is 0.713. The van der Waals surface area contributed by atoms with Gasteiger partial charge in [-0.2, -0.15) is 0 Å². The van der Waals surface area contributed by atoms with Crippen LogP contribution in [0.25, 0.3) is 0 Å². The van der Waals surface area contributed by atoms with Crippen LogP contribution in [0.15, 0.2) is 0 Å². The quantitative estimate of drug-likeness (QED) is 0.756. The Morgan fingerprint density at radius 1 is 1.53 bits per heavy atom. The summed E-state index contributed by atoms with van der Waals surface area (Å²) in [4.78, 5) is 12.3. The van der Waals surface area contributed by atoms with Gasteiger partial charge in [0.15, 0.2) is 0 Å². The number of anilines is 1. The predicted octanol–water partition coefficient (Wildman–Crippen LogP) is 1.24. The molecule has 4 N–H and O–H groups in total. The van der Waals surface area contributed by atoms with E-state index in [0.29, 0.717) is 23.6 Å². The lowest BCUT2D eigenvalue weighted by Crippen LogP contribution is -2.29. The molecule has 0 saturated heterocycles. The molecule has 5 heteroatoms. The average Bonchev–Trinajstić information content (AvgIpc) is 2.42. The largest absolute Gasteiger partial charge is 0.390 e. The van der Waals surface area contributed by atoms with E-state index in [1.165, 1.54) is 11.3 Å². The minimum atomic E-state index is -0.442. The highest BCUT2D eigenvalue weighted by Gasteiger charge is 2.34. The molecule has 4 nitrogen and oxygen atoms in total. The van der Waals surface area contributed by atoms with Gasteiger partial charge in [0.1, 0.15) is 0 Å². The number of primary amides is 1. The Morgan fingerprint density at radius 3 is 2.80 bits per heavy atom. The Bertz CT molecular complexity index is 423. The van der Waals surface area contributed by atoms with E-state index < -0.39 is 5.91 Å². The molecule has 15 heavy (non-hydrogen) atoms. The lowest BCUT2D eigenvalue weighted by atomic mass is 9.95. The summed E-state index contributed by atoms with van der Waals surface area (Å²) < 4.78 is 5.64. The van der Waals surface area contributed by atoms with E-state index >= 15 is 0 Å². The molecule has 0 spiro atoms. The van der Waals surface area contributed by atoms with Crippen molar-refractivity contribution in [2.45, 2.75) is 25.9 Å². The van der Waals surface area contributed by atoms with Crippen LogP contribution in [0.3, 0.4) is 0 Å². The number of hydrogen-bond donors (Lipinski definition) is 2. The fraction of sp³-hybridized carbons (Fsp3) is 0.500. The highest BCUT2D eigenvalue weighted by molar-refractivity contribution is 7.16. The van der Waals surface area contributed by atoms with Crippen LogP contribution in [0, 0.1) is 0 Å². The van der Waals surface area contributed by atoms with Crippen LogP contribution in [-0.2, 0) is 16.8 Å². The van der Waals surface area contributed by atoms with Crippen LogP contribution < -0.4 is 11.5 Å². The first-order chi connectivity index (χ1) is 6.93. The molecule has 1 aliphatic heterocycles. The Labute approximate surface area is 92.2 Å². The molecule has 82 valence electrons. The number of carbonyl (C=O) groups excluding carboxylic acids is 1. The first kappa shape index (κ1) is 10.4. The second-order valence-corrected chi connectivity index (χ2v) is 5.17. The van der Waals surface area contributed by atoms with Gasteiger partial charge in [0.05, 0.1) is 22.8 Å². The van der Waals surface area contributed by atoms with Crippen LogP contribution in [0.4, 0.5) is 5.00 Å². The van der Waals surface area contributed by atoms with Gasteiger partial charge in [0.2, 0.25) is 0 Å². The molecule has 1 aromatic heterocycles. The number of ether oxygens (including phenoxy) is 1. The van der Waals surface area contributed by atoms with Gasteiger partial charge in [0.25, 0.3) is 5.91 Å². The van der Waals surface area contributed by atoms with Crippen molar-refractivity contribution in [1.29, 1.82) is 0 Å². The molecule has 0 atom stereocenters. The SMILES string of the molecule is CC1(C)OCCc2c1sc(N)c2C(N)=O. The Kier molecular flexibility index (Phi) is 2.24. The molecular weight excluding hydrogens is 212 g/mol. The molecule has 1 amide bonds. The molecule has 0 bridgehead atoms. The first-order valence-corrected chi connectivity index (χ1v) is 5.60. The van der Waals surface area contributed by atoms with E-state index in [1.807, 2.05) is 13.8 Å². The van der Waals surface area contributed by atoms with Gasteiger partial charge in [0, 0.05) is 4.88 Å². The van der Waals surface area contributed by atoms with Crippen molar-refractivity contribution in [2.24, 2.45) is 5.73 Å². The zero-order chi connectivity index (χ0) is 11.2. The molecule has 0 radical (unpaired) electrons. The van der Waals surface area contributed by atoms with Crippen molar-refractivity contribution < 1.29 is 9.53 Å². The predicted molar refractivity (Wildman–Crippen MR) is 59.9 cm³/mol. The van der Waals surface area contributed by atoms with E-state index in [0.717, 1.165) is 10.4 Å². The second kappa shape index (κ2) is 3.21. The summed E-state index contributed by atoms with van der Waals surface area (Å²) in [6.45, 7) is 4.56. The molecule has 2 rings (SSSR count). The standard InChI is InChI=1S/C10H14N2O2S/c1-10(2)7-5(3-4-14-10)6(8(11)13)9(12)15-7/h3-4,12H2,1-2H3,(H2,11,13). The molecule has 0 saturated carbocycles. The fourth-order valence-corrected chi connectivity index (χ4v) is 3.13. The molecular formula is C10H14N2O2S. The number of hydrogen-bond acceptors (Lipinski definition) is 4. The summed E-state index contributed by atoms with van der Waals surface area (Å²) in [7, 11) is 0. The smallest absolute Gasteiger partial charge is 0.251 e. The zero-order valence-electron chi connectivity index (χ0n) is 8.79. The van der Waals surface area contributed by atoms with E-state index in [2.05, 4.69) is 0 Å². The highest BCUT2D eigenvalue weighted by Crippen LogP contribution is 2.42. The topological polar surface area (TPSA) is 78.3 Å². The van der Waals surface area contributed by atoms with Gasteiger partial charge in [-0.05, 0) is 25.8 Å². The number of carbonyl (C=O) groups is 1. The Balaban J connectivity index is 2.63. The van der Waals surface area contributed by atoms with Crippen molar-refractivity contribution in [3.8, 4) is 0 Å². The van der Waals surface area contributed by atoms with Crippen molar-refractivity contribution in [3.63, 3.8) is 0 Å². The van der Waals surface area contributed by atoms with E-state index in [-0.39, 0.29) is 5.60 Å². The van der Waals surface area contributed by atoms with Crippen molar-refractivity contribution in [2.75, 3.05) is 12.3 Å². The van der Waals surface area contributed by atoms with E-state index in [1.54, 1.807) is 0 Å². The van der Waals surface area contributed by atoms with Gasteiger partial charge in [-0.3, -0.25) is 4.79 Å². The molecule has 0 fully saturated rings. The van der Waals surface area contributed by atoms with Crippen molar-refractivity contribution >= 4 is 22.2 Å². The highest BCUT2D eigenvalue weighted by atomic mass is 32.1. The van der Waals surface area contributed by atoms with Gasteiger partial charge in [-0.25, -0.2) is 0 Å². The minimum absolute atomic E-state index is 0.361. The van der Waals surface area contributed by atoms with Gasteiger partial charge in [-0.1, -0.05) is 0 Å². The number of nitrogens with two attached hydrogens (primary N) is 2. The van der Waals surface area contributed by atoms with Crippen molar-refractivity contribution in [1.82, 2.24) is 0 Å². The lowest BCUT2D eigenvalue weighted by molar-refractivity contribution is -0.0283. The van der Waals surface area contributed by atoms with Crippen LogP contribution in [0.2, 0.25) is 0 Å². The summed E-state index contributed by atoms with van der Waals surface area (Å²) in [5, 5.41) is 0.506. The number of fused-ring (bicyclic) bond motifs is 1. The summed E-state index contributed by atoms with van der Waals surface area (Å²) >= 11 is 1.40. The third kappa shape index (κ3) is 1.52. The maximum absolute atomic E-state index is 11.3. The van der Waals surface area contributed by atoms with E-state index in [4.69, 9.17) is 16.2 Å². The molecule has 1 aliphatic rings. The number of thiophene rings is 1. The van der Waals surface area contributed by atoms with Gasteiger partial charge >= 0.3 is 0 Å². The second-order valence-electron chi connectivity index (χ2n) is 4.12. The lowest BCUT2D eigenvalue weighted by Gasteiger charge is -2.30. The molecule has 0 aromatic carbocycles. The fourth-order valence-electron chi connectivity index (χ4n) is 1.95. The molecule has 0 unspecified atom stereocenters.